The number of likely N-dealkylation sites (N-methyl/N-ethyl adjacent to an activating group) is 1. The van der Waals surface area contributed by atoms with E-state index >= 15 is 0 Å². The number of fused-ring (bicyclic) bond motifs is 1. The number of para-hydroxylation sites is 1. The third kappa shape index (κ3) is 3.37. The van der Waals surface area contributed by atoms with E-state index in [1.807, 2.05) is 36.4 Å². The van der Waals surface area contributed by atoms with Gasteiger partial charge in [0, 0.05) is 43.3 Å². The van der Waals surface area contributed by atoms with Crippen LogP contribution in [0.4, 0.5) is 5.69 Å². The van der Waals surface area contributed by atoms with Gasteiger partial charge in [0.15, 0.2) is 0 Å². The molecular weight excluding hydrogens is 314 g/mol. The average molecular weight is 335 g/mol. The molecule has 5 nitrogen and oxygen atoms in total. The lowest BCUT2D eigenvalue weighted by atomic mass is 10.2. The minimum atomic E-state index is -0.164. The molecule has 25 heavy (non-hydrogen) atoms. The summed E-state index contributed by atoms with van der Waals surface area (Å²) in [5, 5.41) is 0.894. The zero-order chi connectivity index (χ0) is 17.2. The molecule has 2 aromatic carbocycles. The van der Waals surface area contributed by atoms with E-state index in [1.54, 1.807) is 0 Å². The first-order valence-electron chi connectivity index (χ1n) is 8.52. The third-order valence-corrected chi connectivity index (χ3v) is 4.65. The van der Waals surface area contributed by atoms with E-state index in [9.17, 15) is 4.79 Å². The summed E-state index contributed by atoms with van der Waals surface area (Å²) in [5.41, 5.74) is 1.82. The predicted molar refractivity (Wildman–Crippen MR) is 101 cm³/mol. The molecule has 1 N–H and O–H groups in total. The zero-order valence-electron chi connectivity index (χ0n) is 14.2. The van der Waals surface area contributed by atoms with Gasteiger partial charge in [0.05, 0.1) is 5.52 Å². The lowest BCUT2D eigenvalue weighted by molar-refractivity contribution is 0.313. The Bertz CT molecular complexity index is 926. The van der Waals surface area contributed by atoms with Gasteiger partial charge in [0.25, 0.3) is 5.56 Å². The maximum atomic E-state index is 11.8. The van der Waals surface area contributed by atoms with Gasteiger partial charge < -0.3 is 19.5 Å². The van der Waals surface area contributed by atoms with Crippen molar-refractivity contribution in [3.8, 4) is 11.5 Å². The Balaban J connectivity index is 1.57. The van der Waals surface area contributed by atoms with Gasteiger partial charge in [-0.15, -0.1) is 0 Å². The molecule has 0 aliphatic carbocycles. The van der Waals surface area contributed by atoms with Gasteiger partial charge in [-0.1, -0.05) is 12.1 Å². The van der Waals surface area contributed by atoms with Crippen molar-refractivity contribution >= 4 is 16.6 Å². The van der Waals surface area contributed by atoms with Crippen LogP contribution in [0.2, 0.25) is 0 Å². The van der Waals surface area contributed by atoms with Gasteiger partial charge in [-0.3, -0.25) is 4.79 Å². The number of piperazine rings is 1. The highest BCUT2D eigenvalue weighted by atomic mass is 16.5. The van der Waals surface area contributed by atoms with Gasteiger partial charge in [0.1, 0.15) is 11.5 Å². The molecule has 0 saturated carbocycles. The van der Waals surface area contributed by atoms with Crippen molar-refractivity contribution in [1.82, 2.24) is 9.88 Å². The highest BCUT2D eigenvalue weighted by Crippen LogP contribution is 2.29. The van der Waals surface area contributed by atoms with E-state index in [0.717, 1.165) is 42.8 Å². The van der Waals surface area contributed by atoms with Gasteiger partial charge in [-0.25, -0.2) is 0 Å². The van der Waals surface area contributed by atoms with E-state index in [2.05, 4.69) is 34.0 Å². The molecule has 0 amide bonds. The van der Waals surface area contributed by atoms with E-state index < -0.39 is 0 Å². The molecule has 1 saturated heterocycles. The number of aromatic amines is 1. The fourth-order valence-electron chi connectivity index (χ4n) is 3.17. The number of nitrogens with one attached hydrogen (secondary N) is 1. The number of hydrogen-bond acceptors (Lipinski definition) is 4. The summed E-state index contributed by atoms with van der Waals surface area (Å²) >= 11 is 0. The van der Waals surface area contributed by atoms with Crippen LogP contribution in [0, 0.1) is 0 Å². The lowest BCUT2D eigenvalue weighted by Gasteiger charge is -2.34. The van der Waals surface area contributed by atoms with Crippen molar-refractivity contribution in [2.24, 2.45) is 0 Å². The molecule has 128 valence electrons. The number of pyridine rings is 1. The molecule has 5 heteroatoms. The number of hydrogen-bond donors (Lipinski definition) is 1. The van der Waals surface area contributed by atoms with Crippen molar-refractivity contribution < 1.29 is 4.74 Å². The second-order valence-electron chi connectivity index (χ2n) is 6.43. The Morgan fingerprint density at radius 3 is 2.44 bits per heavy atom. The summed E-state index contributed by atoms with van der Waals surface area (Å²) in [5.74, 6) is 1.31. The highest BCUT2D eigenvalue weighted by Gasteiger charge is 2.14. The fraction of sp³-hybridized carbons (Fsp3) is 0.250. The first-order chi connectivity index (χ1) is 12.2. The maximum Gasteiger partial charge on any atom is 0.252 e. The molecule has 3 aromatic rings. The minimum absolute atomic E-state index is 0.164. The molecule has 0 spiro atoms. The molecule has 1 fully saturated rings. The van der Waals surface area contributed by atoms with E-state index in [-0.39, 0.29) is 5.56 Å². The Morgan fingerprint density at radius 2 is 1.68 bits per heavy atom. The average Bonchev–Trinajstić information content (AvgIpc) is 2.63. The summed E-state index contributed by atoms with van der Waals surface area (Å²) < 4.78 is 5.99. The zero-order valence-corrected chi connectivity index (χ0v) is 14.2. The second kappa shape index (κ2) is 6.61. The van der Waals surface area contributed by atoms with Crippen LogP contribution in [-0.4, -0.2) is 43.1 Å². The molecular formula is C20H21N3O2. The standard InChI is InChI=1S/C20H21N3O2/c1-22-10-12-23(13-11-22)15-6-8-16(9-7-15)25-19-14-20(24)21-18-5-3-2-4-17(18)19/h2-9,14H,10-13H2,1H3,(H,21,24). The number of aromatic nitrogens is 1. The summed E-state index contributed by atoms with van der Waals surface area (Å²) in [7, 11) is 2.15. The Kier molecular flexibility index (Phi) is 4.15. The van der Waals surface area contributed by atoms with E-state index in [4.69, 9.17) is 4.74 Å². The number of nitrogens with zero attached hydrogens (tertiary/aromatic N) is 2. The third-order valence-electron chi connectivity index (χ3n) is 4.65. The first kappa shape index (κ1) is 15.7. The normalized spacial score (nSPS) is 15.5. The first-order valence-corrected chi connectivity index (χ1v) is 8.52. The highest BCUT2D eigenvalue weighted by molar-refractivity contribution is 5.84. The quantitative estimate of drug-likeness (QED) is 0.799. The number of ether oxygens (including phenoxy) is 1. The number of benzene rings is 2. The van der Waals surface area contributed by atoms with Crippen molar-refractivity contribution in [2.75, 3.05) is 38.1 Å². The second-order valence-corrected chi connectivity index (χ2v) is 6.43. The minimum Gasteiger partial charge on any atom is -0.456 e. The van der Waals surface area contributed by atoms with Crippen LogP contribution in [0.5, 0.6) is 11.5 Å². The van der Waals surface area contributed by atoms with Gasteiger partial charge >= 0.3 is 0 Å². The van der Waals surface area contributed by atoms with E-state index in [1.165, 1.54) is 11.8 Å². The molecule has 0 bridgehead atoms. The van der Waals surface area contributed by atoms with Crippen LogP contribution in [0.15, 0.2) is 59.4 Å². The van der Waals surface area contributed by atoms with Crippen molar-refractivity contribution in [3.05, 3.63) is 65.0 Å². The SMILES string of the molecule is CN1CCN(c2ccc(Oc3cc(=O)[nH]c4ccccc34)cc2)CC1. The van der Waals surface area contributed by atoms with Gasteiger partial charge in [-0.05, 0) is 43.4 Å². The van der Waals surface area contributed by atoms with Crippen LogP contribution >= 0.6 is 0 Å². The number of anilines is 1. The number of H-pyrrole nitrogens is 1. The molecule has 2 heterocycles. The molecule has 1 aliphatic heterocycles. The molecule has 0 radical (unpaired) electrons. The summed E-state index contributed by atoms with van der Waals surface area (Å²) in [6.45, 7) is 4.23. The van der Waals surface area contributed by atoms with Crippen molar-refractivity contribution in [2.45, 2.75) is 0 Å². The fourth-order valence-corrected chi connectivity index (χ4v) is 3.17. The molecule has 1 aliphatic rings. The lowest BCUT2D eigenvalue weighted by Crippen LogP contribution is -2.44. The van der Waals surface area contributed by atoms with Crippen LogP contribution in [-0.2, 0) is 0 Å². The van der Waals surface area contributed by atoms with Crippen LogP contribution < -0.4 is 15.2 Å². The predicted octanol–water partition coefficient (Wildman–Crippen LogP) is 3.07. The summed E-state index contributed by atoms with van der Waals surface area (Å²) in [6.07, 6.45) is 0. The molecule has 0 atom stereocenters. The van der Waals surface area contributed by atoms with Crippen LogP contribution in [0.1, 0.15) is 0 Å². The maximum absolute atomic E-state index is 11.8. The Hall–Kier alpha value is -2.79. The van der Waals surface area contributed by atoms with Crippen molar-refractivity contribution in [1.29, 1.82) is 0 Å². The van der Waals surface area contributed by atoms with Gasteiger partial charge in [-0.2, -0.15) is 0 Å². The van der Waals surface area contributed by atoms with Crippen LogP contribution in [0.25, 0.3) is 10.9 Å². The molecule has 0 unspecified atom stereocenters. The summed E-state index contributed by atoms with van der Waals surface area (Å²) in [4.78, 5) is 19.4. The smallest absolute Gasteiger partial charge is 0.252 e. The monoisotopic (exact) mass is 335 g/mol. The summed E-state index contributed by atoms with van der Waals surface area (Å²) in [6, 6.07) is 17.2. The van der Waals surface area contributed by atoms with E-state index in [0.29, 0.717) is 5.75 Å². The molecule has 1 aromatic heterocycles. The Labute approximate surface area is 146 Å². The van der Waals surface area contributed by atoms with Crippen LogP contribution in [0.3, 0.4) is 0 Å². The van der Waals surface area contributed by atoms with Gasteiger partial charge in [0.2, 0.25) is 0 Å². The molecule has 4 rings (SSSR count). The Morgan fingerprint density at radius 1 is 0.960 bits per heavy atom. The topological polar surface area (TPSA) is 48.6 Å². The largest absolute Gasteiger partial charge is 0.456 e. The van der Waals surface area contributed by atoms with Crippen molar-refractivity contribution in [3.63, 3.8) is 0 Å². The number of rotatable bonds is 3.